The molecule has 2 N–H and O–H groups in total. The summed E-state index contributed by atoms with van der Waals surface area (Å²) in [6.07, 6.45) is 4.83. The number of likely N-dealkylation sites (tertiary alicyclic amines) is 1. The van der Waals surface area contributed by atoms with Crippen LogP contribution in [0.1, 0.15) is 19.3 Å². The number of carbonyl (C=O) groups is 1. The summed E-state index contributed by atoms with van der Waals surface area (Å²) in [5.41, 5.74) is 1.21. The molecular formula is C29H30FN5O4. The van der Waals surface area contributed by atoms with E-state index in [0.717, 1.165) is 26.1 Å². The Balaban J connectivity index is 1.26. The van der Waals surface area contributed by atoms with Gasteiger partial charge < -0.3 is 29.7 Å². The summed E-state index contributed by atoms with van der Waals surface area (Å²) in [5.74, 6) is 0.907. The lowest BCUT2D eigenvalue weighted by Crippen LogP contribution is -2.21. The van der Waals surface area contributed by atoms with E-state index >= 15 is 0 Å². The van der Waals surface area contributed by atoms with Gasteiger partial charge in [-0.1, -0.05) is 18.2 Å². The molecule has 0 unspecified atom stereocenters. The molecule has 39 heavy (non-hydrogen) atoms. The zero-order valence-corrected chi connectivity index (χ0v) is 21.7. The summed E-state index contributed by atoms with van der Waals surface area (Å²) in [7, 11) is 1.57. The van der Waals surface area contributed by atoms with Crippen LogP contribution in [-0.4, -0.2) is 54.2 Å². The number of ether oxygens (including phenoxy) is 3. The molecule has 0 atom stereocenters. The second-order valence-corrected chi connectivity index (χ2v) is 9.14. The number of fused-ring (bicyclic) bond motifs is 1. The van der Waals surface area contributed by atoms with Gasteiger partial charge in [-0.05, 0) is 62.7 Å². The summed E-state index contributed by atoms with van der Waals surface area (Å²) < 4.78 is 32.3. The Morgan fingerprint density at radius 3 is 2.59 bits per heavy atom. The summed E-state index contributed by atoms with van der Waals surface area (Å²) in [6.45, 7) is 3.89. The third kappa shape index (κ3) is 6.71. The number of halogens is 1. The number of hydrogen-bond donors (Lipinski definition) is 2. The van der Waals surface area contributed by atoms with Crippen molar-refractivity contribution in [3.8, 4) is 23.1 Å². The average Bonchev–Trinajstić information content (AvgIpc) is 3.46. The van der Waals surface area contributed by atoms with Crippen LogP contribution in [-0.2, 0) is 0 Å². The minimum atomic E-state index is -0.656. The van der Waals surface area contributed by atoms with Gasteiger partial charge in [-0.15, -0.1) is 0 Å². The molecule has 10 heteroatoms. The van der Waals surface area contributed by atoms with Crippen molar-refractivity contribution in [2.24, 2.45) is 0 Å². The first-order valence-electron chi connectivity index (χ1n) is 12.9. The molecule has 2 heterocycles. The fourth-order valence-corrected chi connectivity index (χ4v) is 4.45. The average molecular weight is 532 g/mol. The second-order valence-electron chi connectivity index (χ2n) is 9.14. The van der Waals surface area contributed by atoms with Crippen LogP contribution in [0.4, 0.5) is 20.6 Å². The number of nitrogens with one attached hydrogen (secondary N) is 2. The molecule has 0 spiro atoms. The predicted molar refractivity (Wildman–Crippen MR) is 147 cm³/mol. The molecule has 1 saturated heterocycles. The molecule has 5 rings (SSSR count). The maximum absolute atomic E-state index is 14.8. The first-order chi connectivity index (χ1) is 19.1. The summed E-state index contributed by atoms with van der Waals surface area (Å²) in [4.78, 5) is 23.3. The van der Waals surface area contributed by atoms with Gasteiger partial charge in [0.1, 0.15) is 17.9 Å². The van der Waals surface area contributed by atoms with E-state index in [2.05, 4.69) is 25.5 Å². The highest BCUT2D eigenvalue weighted by atomic mass is 19.1. The van der Waals surface area contributed by atoms with Gasteiger partial charge in [0.15, 0.2) is 11.5 Å². The summed E-state index contributed by atoms with van der Waals surface area (Å²) in [5, 5.41) is 5.73. The van der Waals surface area contributed by atoms with Crippen LogP contribution in [0.5, 0.6) is 23.1 Å². The molecule has 1 aliphatic heterocycles. The maximum Gasteiger partial charge on any atom is 0.323 e. The number of rotatable bonds is 10. The monoisotopic (exact) mass is 531 g/mol. The molecule has 4 aromatic rings. The van der Waals surface area contributed by atoms with Crippen LogP contribution < -0.4 is 24.8 Å². The van der Waals surface area contributed by atoms with Gasteiger partial charge in [0.2, 0.25) is 5.88 Å². The van der Waals surface area contributed by atoms with Crippen LogP contribution in [0.3, 0.4) is 0 Å². The van der Waals surface area contributed by atoms with Crippen molar-refractivity contribution in [2.75, 3.05) is 44.0 Å². The summed E-state index contributed by atoms with van der Waals surface area (Å²) in [6, 6.07) is 16.0. The van der Waals surface area contributed by atoms with E-state index in [1.807, 2.05) is 6.07 Å². The molecular weight excluding hydrogens is 501 g/mol. The lowest BCUT2D eigenvalue weighted by molar-refractivity contribution is 0.254. The molecule has 0 saturated carbocycles. The molecule has 1 aliphatic rings. The van der Waals surface area contributed by atoms with Crippen LogP contribution in [0, 0.1) is 5.82 Å². The molecule has 0 bridgehead atoms. The van der Waals surface area contributed by atoms with Gasteiger partial charge in [-0.3, -0.25) is 0 Å². The molecule has 3 aromatic carbocycles. The molecule has 0 aliphatic carbocycles. The largest absolute Gasteiger partial charge is 0.493 e. The minimum absolute atomic E-state index is 0.0107. The quantitative estimate of drug-likeness (QED) is 0.239. The lowest BCUT2D eigenvalue weighted by atomic mass is 10.2. The highest BCUT2D eigenvalue weighted by Crippen LogP contribution is 2.36. The van der Waals surface area contributed by atoms with Crippen LogP contribution in [0.15, 0.2) is 67.0 Å². The Bertz CT molecular complexity index is 1430. The lowest BCUT2D eigenvalue weighted by Gasteiger charge is -2.16. The first kappa shape index (κ1) is 26.2. The van der Waals surface area contributed by atoms with Gasteiger partial charge in [0.05, 0.1) is 30.3 Å². The van der Waals surface area contributed by atoms with Gasteiger partial charge in [0, 0.05) is 24.4 Å². The number of anilines is 2. The first-order valence-corrected chi connectivity index (χ1v) is 12.9. The number of para-hydroxylation sites is 1. The van der Waals surface area contributed by atoms with E-state index in [1.165, 1.54) is 31.3 Å². The Kier molecular flexibility index (Phi) is 8.33. The molecule has 0 radical (unpaired) electrons. The van der Waals surface area contributed by atoms with Gasteiger partial charge in [0.25, 0.3) is 0 Å². The van der Waals surface area contributed by atoms with Crippen LogP contribution >= 0.6 is 0 Å². The number of urea groups is 1. The van der Waals surface area contributed by atoms with Crippen molar-refractivity contribution in [3.05, 3.63) is 72.8 Å². The zero-order chi connectivity index (χ0) is 27.0. The number of carbonyl (C=O) groups excluding carboxylic acids is 1. The minimum Gasteiger partial charge on any atom is -0.493 e. The fraction of sp³-hybridized carbons (Fsp3) is 0.276. The Labute approximate surface area is 225 Å². The van der Waals surface area contributed by atoms with Crippen molar-refractivity contribution in [1.82, 2.24) is 14.9 Å². The Morgan fingerprint density at radius 1 is 1.00 bits per heavy atom. The molecule has 9 nitrogen and oxygen atoms in total. The highest BCUT2D eigenvalue weighted by Gasteiger charge is 2.15. The Hall–Kier alpha value is -4.44. The number of nitrogens with zero attached hydrogens (tertiary/aromatic N) is 3. The smallest absolute Gasteiger partial charge is 0.323 e. The van der Waals surface area contributed by atoms with E-state index in [4.69, 9.17) is 14.2 Å². The van der Waals surface area contributed by atoms with Gasteiger partial charge >= 0.3 is 6.03 Å². The third-order valence-electron chi connectivity index (χ3n) is 6.39. The Morgan fingerprint density at radius 2 is 1.82 bits per heavy atom. The van der Waals surface area contributed by atoms with E-state index < -0.39 is 11.8 Å². The summed E-state index contributed by atoms with van der Waals surface area (Å²) >= 11 is 0. The number of hydrogen-bond acceptors (Lipinski definition) is 7. The number of aromatic nitrogens is 2. The normalized spacial score (nSPS) is 13.3. The molecule has 1 aromatic heterocycles. The van der Waals surface area contributed by atoms with Crippen LogP contribution in [0.2, 0.25) is 0 Å². The number of amides is 2. The standard InChI is InChI=1S/C29H30FN5O4/c1-37-26-17-22-25(18-27(26)38-15-7-14-35-12-5-6-13-35)31-19-32-28(22)39-21-10-11-24(23(30)16-21)34-29(36)33-20-8-3-2-4-9-20/h2-4,8-11,16-19H,5-7,12-15H2,1H3,(H2,33,34,36). The van der Waals surface area contributed by atoms with Gasteiger partial charge in [-0.25, -0.2) is 19.2 Å². The van der Waals surface area contributed by atoms with Gasteiger partial charge in [-0.2, -0.15) is 0 Å². The number of benzene rings is 3. The molecule has 202 valence electrons. The third-order valence-corrected chi connectivity index (χ3v) is 6.39. The van der Waals surface area contributed by atoms with E-state index in [1.54, 1.807) is 49.6 Å². The topological polar surface area (TPSA) is 97.8 Å². The highest BCUT2D eigenvalue weighted by molar-refractivity contribution is 5.99. The van der Waals surface area contributed by atoms with E-state index in [-0.39, 0.29) is 17.3 Å². The van der Waals surface area contributed by atoms with Crippen molar-refractivity contribution in [2.45, 2.75) is 19.3 Å². The van der Waals surface area contributed by atoms with Crippen molar-refractivity contribution < 1.29 is 23.4 Å². The maximum atomic E-state index is 14.8. The second kappa shape index (κ2) is 12.4. The SMILES string of the molecule is COc1cc2c(Oc3ccc(NC(=O)Nc4ccccc4)c(F)c3)ncnc2cc1OCCCN1CCCC1. The van der Waals surface area contributed by atoms with Crippen molar-refractivity contribution >= 4 is 28.3 Å². The molecule has 2 amide bonds. The van der Waals surface area contributed by atoms with Crippen molar-refractivity contribution in [3.63, 3.8) is 0 Å². The van der Waals surface area contributed by atoms with Crippen LogP contribution in [0.25, 0.3) is 10.9 Å². The zero-order valence-electron chi connectivity index (χ0n) is 21.7. The van der Waals surface area contributed by atoms with E-state index in [0.29, 0.717) is 34.7 Å². The molecule has 1 fully saturated rings. The van der Waals surface area contributed by atoms with Crippen molar-refractivity contribution in [1.29, 1.82) is 0 Å². The predicted octanol–water partition coefficient (Wildman–Crippen LogP) is 6.08. The fourth-order valence-electron chi connectivity index (χ4n) is 4.45. The van der Waals surface area contributed by atoms with E-state index in [9.17, 15) is 9.18 Å². The number of methoxy groups -OCH3 is 1.